The average molecular weight is 332 g/mol. The number of alkyl halides is 12. The van der Waals surface area contributed by atoms with Crippen LogP contribution in [0.5, 0.6) is 0 Å². The topological polar surface area (TPSA) is 0 Å². The minimum absolute atomic E-state index is 0.120. The van der Waals surface area contributed by atoms with Crippen LogP contribution in [0.25, 0.3) is 0 Å². The van der Waals surface area contributed by atoms with Crippen molar-refractivity contribution in [2.24, 2.45) is 0 Å². The molecule has 0 N–H and O–H groups in total. The summed E-state index contributed by atoms with van der Waals surface area (Å²) in [5, 5.41) is 0. The lowest BCUT2D eigenvalue weighted by Crippen LogP contribution is -2.39. The molecule has 0 aliphatic rings. The fourth-order valence-corrected chi connectivity index (χ4v) is 0.575. The van der Waals surface area contributed by atoms with Gasteiger partial charge in [0.05, 0.1) is 0 Å². The van der Waals surface area contributed by atoms with Crippen LogP contribution in [0.3, 0.4) is 0 Å². The van der Waals surface area contributed by atoms with E-state index in [9.17, 15) is 52.7 Å². The Hall–Kier alpha value is -0.840. The summed E-state index contributed by atoms with van der Waals surface area (Å²) < 4.78 is 136. The Morgan fingerprint density at radius 1 is 0.500 bits per heavy atom. The maximum atomic E-state index is 11.5. The maximum absolute atomic E-state index is 11.5. The zero-order chi connectivity index (χ0) is 17.2. The van der Waals surface area contributed by atoms with Crippen molar-refractivity contribution >= 4 is 0 Å². The quantitative estimate of drug-likeness (QED) is 0.619. The molecule has 0 saturated carbocycles. The molecule has 12 heteroatoms. The fourth-order valence-electron chi connectivity index (χ4n) is 0.575. The summed E-state index contributed by atoms with van der Waals surface area (Å²) in [7, 11) is 0. The van der Waals surface area contributed by atoms with Crippen molar-refractivity contribution in [3.63, 3.8) is 0 Å². The Labute approximate surface area is 104 Å². The average Bonchev–Trinajstić information content (AvgIpc) is 2.10. The van der Waals surface area contributed by atoms with Crippen LogP contribution in [0.1, 0.15) is 13.8 Å². The summed E-state index contributed by atoms with van der Waals surface area (Å²) >= 11 is 0. The van der Waals surface area contributed by atoms with Crippen molar-refractivity contribution in [3.8, 4) is 0 Å². The summed E-state index contributed by atoms with van der Waals surface area (Å²) in [6, 6.07) is 0. The van der Waals surface area contributed by atoms with E-state index >= 15 is 0 Å². The molecule has 0 aromatic rings. The molecule has 0 nitrogen and oxygen atoms in total. The number of rotatable bonds is 2. The second-order valence-electron chi connectivity index (χ2n) is 3.72. The molecule has 0 bridgehead atoms. The molecule has 0 aliphatic carbocycles. The highest BCUT2D eigenvalue weighted by Gasteiger charge is 2.54. The van der Waals surface area contributed by atoms with Crippen LogP contribution in [0, 0.1) is 0 Å². The molecule has 0 heterocycles. The SMILES string of the molecule is CC(F)(F)C(F)C(F)(F)F.CC(F)(F)C(F)C(F)(F)F. The van der Waals surface area contributed by atoms with Gasteiger partial charge >= 0.3 is 12.4 Å². The second kappa shape index (κ2) is 6.29. The Kier molecular flexibility index (Phi) is 6.75. The zero-order valence-corrected chi connectivity index (χ0v) is 9.69. The normalized spacial score (nSPS) is 17.1. The van der Waals surface area contributed by atoms with Crippen LogP contribution < -0.4 is 0 Å². The minimum atomic E-state index is -5.47. The van der Waals surface area contributed by atoms with Gasteiger partial charge in [-0.25, -0.2) is 26.3 Å². The van der Waals surface area contributed by atoms with E-state index < -0.39 is 36.5 Å². The molecule has 2 unspecified atom stereocenters. The fraction of sp³-hybridized carbons (Fsp3) is 1.00. The van der Waals surface area contributed by atoms with E-state index in [1.54, 1.807) is 0 Å². The molecule has 0 saturated heterocycles. The Balaban J connectivity index is 0. The lowest BCUT2D eigenvalue weighted by atomic mass is 10.2. The second-order valence-corrected chi connectivity index (χ2v) is 3.72. The summed E-state index contributed by atoms with van der Waals surface area (Å²) in [4.78, 5) is 0. The van der Waals surface area contributed by atoms with E-state index in [1.165, 1.54) is 0 Å². The standard InChI is InChI=1S/2C4H4F6/c2*1-3(6,7)2(5)4(8,9)10/h2*2H,1H3. The predicted molar refractivity (Wildman–Crippen MR) is 43.1 cm³/mol. The lowest BCUT2D eigenvalue weighted by molar-refractivity contribution is -0.239. The van der Waals surface area contributed by atoms with Crippen molar-refractivity contribution in [2.45, 2.75) is 50.4 Å². The number of hydrogen-bond donors (Lipinski definition) is 0. The minimum Gasteiger partial charge on any atom is -0.231 e. The first-order valence-corrected chi connectivity index (χ1v) is 4.48. The first-order chi connectivity index (χ1) is 8.31. The molecule has 0 aromatic heterocycles. The van der Waals surface area contributed by atoms with E-state index in [1.807, 2.05) is 0 Å². The largest absolute Gasteiger partial charge is 0.425 e. The van der Waals surface area contributed by atoms with Gasteiger partial charge < -0.3 is 0 Å². The maximum Gasteiger partial charge on any atom is 0.425 e. The Bertz CT molecular complexity index is 218. The smallest absolute Gasteiger partial charge is 0.231 e. The van der Waals surface area contributed by atoms with Gasteiger partial charge in [0.15, 0.2) is 0 Å². The number of halogens is 12. The third kappa shape index (κ3) is 8.35. The third-order valence-corrected chi connectivity index (χ3v) is 1.46. The molecule has 0 rings (SSSR count). The van der Waals surface area contributed by atoms with Crippen LogP contribution >= 0.6 is 0 Å². The summed E-state index contributed by atoms with van der Waals surface area (Å²) in [6.07, 6.45) is -19.1. The molecule has 20 heavy (non-hydrogen) atoms. The Morgan fingerprint density at radius 3 is 0.650 bits per heavy atom. The highest BCUT2D eigenvalue weighted by atomic mass is 19.4. The number of hydrogen-bond acceptors (Lipinski definition) is 0. The van der Waals surface area contributed by atoms with Gasteiger partial charge in [0.2, 0.25) is 0 Å². The van der Waals surface area contributed by atoms with Gasteiger partial charge in [0.1, 0.15) is 0 Å². The molecule has 0 aliphatic heterocycles. The van der Waals surface area contributed by atoms with Gasteiger partial charge in [-0.05, 0) is 0 Å². The van der Waals surface area contributed by atoms with Crippen molar-refractivity contribution in [2.75, 3.05) is 0 Å². The summed E-state index contributed by atoms with van der Waals surface area (Å²) in [5.41, 5.74) is 0. The predicted octanol–water partition coefficient (Wildman–Crippen LogP) is 5.08. The molecule has 0 fully saturated rings. The van der Waals surface area contributed by atoms with Gasteiger partial charge in [0.25, 0.3) is 24.2 Å². The van der Waals surface area contributed by atoms with Crippen molar-refractivity contribution in [3.05, 3.63) is 0 Å². The van der Waals surface area contributed by atoms with Crippen molar-refractivity contribution in [1.29, 1.82) is 0 Å². The summed E-state index contributed by atoms with van der Waals surface area (Å²) in [6.45, 7) is -0.240. The van der Waals surface area contributed by atoms with Gasteiger partial charge in [0, 0.05) is 13.8 Å². The van der Waals surface area contributed by atoms with Crippen LogP contribution in [-0.4, -0.2) is 36.5 Å². The highest BCUT2D eigenvalue weighted by Crippen LogP contribution is 2.34. The third-order valence-electron chi connectivity index (χ3n) is 1.46. The van der Waals surface area contributed by atoms with E-state index in [4.69, 9.17) is 0 Å². The molecule has 0 spiro atoms. The van der Waals surface area contributed by atoms with Gasteiger partial charge in [-0.15, -0.1) is 0 Å². The van der Waals surface area contributed by atoms with Crippen molar-refractivity contribution < 1.29 is 52.7 Å². The van der Waals surface area contributed by atoms with Gasteiger partial charge in [-0.1, -0.05) is 0 Å². The van der Waals surface area contributed by atoms with Crippen LogP contribution in [0.4, 0.5) is 52.7 Å². The lowest BCUT2D eigenvalue weighted by Gasteiger charge is -2.17. The van der Waals surface area contributed by atoms with Crippen LogP contribution in [-0.2, 0) is 0 Å². The molecule has 2 atom stereocenters. The first kappa shape index (κ1) is 21.5. The van der Waals surface area contributed by atoms with Crippen LogP contribution in [0.15, 0.2) is 0 Å². The summed E-state index contributed by atoms with van der Waals surface area (Å²) in [5.74, 6) is -8.70. The zero-order valence-electron chi connectivity index (χ0n) is 9.69. The van der Waals surface area contributed by atoms with Gasteiger partial charge in [-0.2, -0.15) is 26.3 Å². The Morgan fingerprint density at radius 2 is 0.650 bits per heavy atom. The molecule has 0 amide bonds. The van der Waals surface area contributed by atoms with Crippen LogP contribution in [0.2, 0.25) is 0 Å². The van der Waals surface area contributed by atoms with E-state index in [-0.39, 0.29) is 13.8 Å². The molecule has 0 radical (unpaired) electrons. The first-order valence-electron chi connectivity index (χ1n) is 4.48. The monoisotopic (exact) mass is 332 g/mol. The van der Waals surface area contributed by atoms with Gasteiger partial charge in [-0.3, -0.25) is 0 Å². The van der Waals surface area contributed by atoms with E-state index in [2.05, 4.69) is 0 Å². The molecular formula is C8H8F12. The van der Waals surface area contributed by atoms with Crippen molar-refractivity contribution in [1.82, 2.24) is 0 Å². The highest BCUT2D eigenvalue weighted by molar-refractivity contribution is 4.78. The molecule has 0 aromatic carbocycles. The molecular weight excluding hydrogens is 324 g/mol. The van der Waals surface area contributed by atoms with E-state index in [0.717, 1.165) is 0 Å². The molecule has 124 valence electrons. The van der Waals surface area contributed by atoms with E-state index in [0.29, 0.717) is 0 Å².